The van der Waals surface area contributed by atoms with E-state index in [0.29, 0.717) is 0 Å². The van der Waals surface area contributed by atoms with Crippen molar-refractivity contribution in [3.8, 4) is 33.4 Å². The molecule has 1 nitrogen and oxygen atoms in total. The number of nitrogens with one attached hydrogen (secondary N) is 1. The van der Waals surface area contributed by atoms with Gasteiger partial charge in [-0.2, -0.15) is 0 Å². The third-order valence-electron chi connectivity index (χ3n) is 4.13. The molecule has 0 unspecified atom stereocenters. The van der Waals surface area contributed by atoms with Gasteiger partial charge in [0.2, 0.25) is 0 Å². The van der Waals surface area contributed by atoms with Gasteiger partial charge in [0, 0.05) is 23.5 Å². The van der Waals surface area contributed by atoms with Crippen molar-refractivity contribution < 1.29 is 0 Å². The van der Waals surface area contributed by atoms with E-state index in [1.165, 1.54) is 33.4 Å². The van der Waals surface area contributed by atoms with Crippen LogP contribution in [-0.4, -0.2) is 4.98 Å². The Hall–Kier alpha value is -3.06. The Morgan fingerprint density at radius 2 is 0.783 bits per heavy atom. The van der Waals surface area contributed by atoms with Crippen molar-refractivity contribution in [2.24, 2.45) is 0 Å². The second-order valence-electron chi connectivity index (χ2n) is 5.59. The second-order valence-corrected chi connectivity index (χ2v) is 5.59. The zero-order chi connectivity index (χ0) is 15.5. The van der Waals surface area contributed by atoms with Crippen molar-refractivity contribution in [3.05, 3.63) is 97.3 Å². The molecule has 0 saturated carbocycles. The molecule has 0 spiro atoms. The second kappa shape index (κ2) is 5.98. The summed E-state index contributed by atoms with van der Waals surface area (Å²) in [4.78, 5) is 3.24. The zero-order valence-electron chi connectivity index (χ0n) is 12.7. The lowest BCUT2D eigenvalue weighted by Gasteiger charge is -2.06. The maximum absolute atomic E-state index is 3.24. The van der Waals surface area contributed by atoms with Crippen LogP contribution in [0.5, 0.6) is 0 Å². The molecule has 23 heavy (non-hydrogen) atoms. The van der Waals surface area contributed by atoms with Gasteiger partial charge in [0.25, 0.3) is 0 Å². The molecular weight excluding hydrogens is 278 g/mol. The Morgan fingerprint density at radius 3 is 1.35 bits per heavy atom. The highest BCUT2D eigenvalue weighted by Gasteiger charge is 2.08. The third kappa shape index (κ3) is 2.69. The summed E-state index contributed by atoms with van der Waals surface area (Å²) >= 11 is 0. The first-order valence-corrected chi connectivity index (χ1v) is 7.80. The summed E-state index contributed by atoms with van der Waals surface area (Å²) in [6.07, 6.45) is 4.13. The molecule has 1 heterocycles. The number of rotatable bonds is 3. The molecule has 0 bridgehead atoms. The van der Waals surface area contributed by atoms with Crippen LogP contribution in [0.4, 0.5) is 0 Å². The van der Waals surface area contributed by atoms with Crippen LogP contribution in [0.15, 0.2) is 97.3 Å². The fourth-order valence-electron chi connectivity index (χ4n) is 2.93. The normalized spacial score (nSPS) is 10.6. The lowest BCUT2D eigenvalue weighted by Crippen LogP contribution is -1.81. The molecule has 0 fully saturated rings. The number of benzene rings is 3. The number of aromatic amines is 1. The number of hydrogen-bond donors (Lipinski definition) is 1. The number of H-pyrrole nitrogens is 1. The Morgan fingerprint density at radius 1 is 0.391 bits per heavy atom. The van der Waals surface area contributed by atoms with Crippen molar-refractivity contribution in [1.82, 2.24) is 4.98 Å². The van der Waals surface area contributed by atoms with Crippen LogP contribution in [0.2, 0.25) is 0 Å². The number of aromatic nitrogens is 1. The standard InChI is InChI=1S/C22H17N/c1-3-7-17(8-4-1)18-11-13-20(14-12-18)22-16-23-15-21(22)19-9-5-2-6-10-19/h1-16,23H. The minimum Gasteiger partial charge on any atom is -0.366 e. The molecule has 0 aliphatic carbocycles. The average molecular weight is 295 g/mol. The molecule has 0 aliphatic heterocycles. The highest BCUT2D eigenvalue weighted by molar-refractivity contribution is 5.83. The van der Waals surface area contributed by atoms with Crippen LogP contribution >= 0.6 is 0 Å². The Bertz CT molecular complexity index is 888. The molecule has 1 N–H and O–H groups in total. The molecule has 0 amide bonds. The Kier molecular flexibility index (Phi) is 3.53. The van der Waals surface area contributed by atoms with Crippen LogP contribution in [0, 0.1) is 0 Å². The van der Waals surface area contributed by atoms with Crippen molar-refractivity contribution in [2.45, 2.75) is 0 Å². The fraction of sp³-hybridized carbons (Fsp3) is 0. The van der Waals surface area contributed by atoms with E-state index in [2.05, 4.69) is 90.2 Å². The molecule has 0 radical (unpaired) electrons. The monoisotopic (exact) mass is 295 g/mol. The van der Waals surface area contributed by atoms with E-state index in [4.69, 9.17) is 0 Å². The van der Waals surface area contributed by atoms with Gasteiger partial charge in [-0.1, -0.05) is 84.9 Å². The van der Waals surface area contributed by atoms with Gasteiger partial charge in [0.05, 0.1) is 0 Å². The zero-order valence-corrected chi connectivity index (χ0v) is 12.7. The van der Waals surface area contributed by atoms with Crippen molar-refractivity contribution in [2.75, 3.05) is 0 Å². The summed E-state index contributed by atoms with van der Waals surface area (Å²) in [6, 6.07) is 29.7. The molecule has 0 saturated heterocycles. The maximum atomic E-state index is 3.24. The van der Waals surface area contributed by atoms with E-state index in [1.807, 2.05) is 12.1 Å². The van der Waals surface area contributed by atoms with Crippen LogP contribution in [-0.2, 0) is 0 Å². The van der Waals surface area contributed by atoms with Gasteiger partial charge in [-0.3, -0.25) is 0 Å². The largest absolute Gasteiger partial charge is 0.366 e. The molecule has 4 aromatic rings. The van der Waals surface area contributed by atoms with Gasteiger partial charge >= 0.3 is 0 Å². The fourth-order valence-corrected chi connectivity index (χ4v) is 2.93. The minimum atomic E-state index is 1.23. The van der Waals surface area contributed by atoms with Crippen molar-refractivity contribution in [3.63, 3.8) is 0 Å². The predicted molar refractivity (Wildman–Crippen MR) is 97.1 cm³/mol. The maximum Gasteiger partial charge on any atom is 0.00906 e. The molecule has 4 rings (SSSR count). The van der Waals surface area contributed by atoms with E-state index in [1.54, 1.807) is 0 Å². The molecular formula is C22H17N. The van der Waals surface area contributed by atoms with E-state index in [-0.39, 0.29) is 0 Å². The van der Waals surface area contributed by atoms with E-state index in [9.17, 15) is 0 Å². The smallest absolute Gasteiger partial charge is 0.00906 e. The SMILES string of the molecule is c1ccc(-c2ccc(-c3c[nH]cc3-c3ccccc3)cc2)cc1. The summed E-state index contributed by atoms with van der Waals surface area (Å²) in [5.74, 6) is 0. The summed E-state index contributed by atoms with van der Waals surface area (Å²) in [5.41, 5.74) is 7.41. The minimum absolute atomic E-state index is 1.23. The van der Waals surface area contributed by atoms with E-state index < -0.39 is 0 Å². The molecule has 110 valence electrons. The summed E-state index contributed by atoms with van der Waals surface area (Å²) in [5, 5.41) is 0. The summed E-state index contributed by atoms with van der Waals surface area (Å²) in [7, 11) is 0. The van der Waals surface area contributed by atoms with Gasteiger partial charge in [-0.15, -0.1) is 0 Å². The number of hydrogen-bond acceptors (Lipinski definition) is 0. The first kappa shape index (κ1) is 13.6. The molecule has 1 heteroatoms. The van der Waals surface area contributed by atoms with Gasteiger partial charge in [-0.25, -0.2) is 0 Å². The van der Waals surface area contributed by atoms with Gasteiger partial charge in [0.1, 0.15) is 0 Å². The molecule has 3 aromatic carbocycles. The average Bonchev–Trinajstić information content (AvgIpc) is 3.13. The van der Waals surface area contributed by atoms with Crippen molar-refractivity contribution in [1.29, 1.82) is 0 Å². The van der Waals surface area contributed by atoms with Crippen LogP contribution in [0.3, 0.4) is 0 Å². The molecule has 1 aromatic heterocycles. The highest BCUT2D eigenvalue weighted by atomic mass is 14.6. The lowest BCUT2D eigenvalue weighted by atomic mass is 9.97. The van der Waals surface area contributed by atoms with E-state index in [0.717, 1.165) is 0 Å². The Labute approximate surface area is 136 Å². The topological polar surface area (TPSA) is 15.8 Å². The summed E-state index contributed by atoms with van der Waals surface area (Å²) in [6.45, 7) is 0. The molecule has 0 aliphatic rings. The lowest BCUT2D eigenvalue weighted by molar-refractivity contribution is 1.41. The van der Waals surface area contributed by atoms with Gasteiger partial charge < -0.3 is 4.98 Å². The Balaban J connectivity index is 1.72. The first-order chi connectivity index (χ1) is 11.4. The van der Waals surface area contributed by atoms with Crippen molar-refractivity contribution >= 4 is 0 Å². The van der Waals surface area contributed by atoms with E-state index >= 15 is 0 Å². The van der Waals surface area contributed by atoms with Gasteiger partial charge in [-0.05, 0) is 22.3 Å². The van der Waals surface area contributed by atoms with Gasteiger partial charge in [0.15, 0.2) is 0 Å². The predicted octanol–water partition coefficient (Wildman–Crippen LogP) is 6.02. The third-order valence-corrected chi connectivity index (χ3v) is 4.13. The highest BCUT2D eigenvalue weighted by Crippen LogP contribution is 2.33. The molecule has 0 atom stereocenters. The summed E-state index contributed by atoms with van der Waals surface area (Å²) < 4.78 is 0. The van der Waals surface area contributed by atoms with Crippen LogP contribution in [0.1, 0.15) is 0 Å². The quantitative estimate of drug-likeness (QED) is 0.476. The first-order valence-electron chi connectivity index (χ1n) is 7.80. The van der Waals surface area contributed by atoms with Crippen LogP contribution in [0.25, 0.3) is 33.4 Å². The van der Waals surface area contributed by atoms with Crippen LogP contribution < -0.4 is 0 Å².